The molecule has 0 heterocycles. The van der Waals surface area contributed by atoms with E-state index in [1.807, 2.05) is 0 Å². The van der Waals surface area contributed by atoms with E-state index in [2.05, 4.69) is 11.4 Å². The second-order valence-corrected chi connectivity index (χ2v) is 4.63. The van der Waals surface area contributed by atoms with Crippen LogP contribution in [0.4, 0.5) is 5.69 Å². The van der Waals surface area contributed by atoms with E-state index in [0.717, 1.165) is 0 Å². The van der Waals surface area contributed by atoms with Gasteiger partial charge in [-0.25, -0.2) is 0 Å². The third kappa shape index (κ3) is 3.39. The van der Waals surface area contributed by atoms with Crippen molar-refractivity contribution in [3.8, 4) is 11.8 Å². The number of carbonyl (C=O) groups excluding carboxylic acids is 1. The van der Waals surface area contributed by atoms with Gasteiger partial charge in [-0.05, 0) is 26.0 Å². The van der Waals surface area contributed by atoms with Gasteiger partial charge in [0.25, 0.3) is 5.91 Å². The number of ether oxygens (including phenoxy) is 1. The molecule has 0 unspecified atom stereocenters. The van der Waals surface area contributed by atoms with Gasteiger partial charge in [0.2, 0.25) is 0 Å². The number of amides is 1. The van der Waals surface area contributed by atoms with Crippen molar-refractivity contribution >= 4 is 11.6 Å². The standard InChI is InChI=1S/C13H17N3O2/c1-13(2,7-14)8-16-12(17)10-5-4-9(18-3)6-11(10)15/h4-6H,8,15H2,1-3H3,(H,16,17). The highest BCUT2D eigenvalue weighted by atomic mass is 16.5. The Labute approximate surface area is 107 Å². The number of nitrogens with zero attached hydrogens (tertiary/aromatic N) is 1. The largest absolute Gasteiger partial charge is 0.497 e. The molecular weight excluding hydrogens is 230 g/mol. The van der Waals surface area contributed by atoms with E-state index >= 15 is 0 Å². The van der Waals surface area contributed by atoms with Crippen molar-refractivity contribution in [2.24, 2.45) is 5.41 Å². The predicted molar refractivity (Wildman–Crippen MR) is 69.1 cm³/mol. The number of nitrogens with one attached hydrogen (secondary N) is 1. The number of nitrogens with two attached hydrogens (primary N) is 1. The number of rotatable bonds is 4. The number of hydrogen-bond donors (Lipinski definition) is 2. The quantitative estimate of drug-likeness (QED) is 0.790. The van der Waals surface area contributed by atoms with Crippen molar-refractivity contribution in [3.05, 3.63) is 23.8 Å². The zero-order chi connectivity index (χ0) is 13.8. The highest BCUT2D eigenvalue weighted by Gasteiger charge is 2.19. The van der Waals surface area contributed by atoms with E-state index in [0.29, 0.717) is 17.0 Å². The number of carbonyl (C=O) groups is 1. The molecule has 0 spiro atoms. The van der Waals surface area contributed by atoms with E-state index < -0.39 is 5.41 Å². The predicted octanol–water partition coefficient (Wildman–Crippen LogP) is 1.56. The first-order valence-corrected chi connectivity index (χ1v) is 5.52. The minimum Gasteiger partial charge on any atom is -0.497 e. The molecule has 0 bridgehead atoms. The van der Waals surface area contributed by atoms with Crippen LogP contribution < -0.4 is 15.8 Å². The van der Waals surface area contributed by atoms with Crippen molar-refractivity contribution in [1.29, 1.82) is 5.26 Å². The van der Waals surface area contributed by atoms with Crippen LogP contribution in [0.3, 0.4) is 0 Å². The van der Waals surface area contributed by atoms with Gasteiger partial charge in [-0.2, -0.15) is 5.26 Å². The molecule has 0 atom stereocenters. The minimum atomic E-state index is -0.600. The number of nitriles is 1. The molecule has 0 fully saturated rings. The summed E-state index contributed by atoms with van der Waals surface area (Å²) < 4.78 is 5.01. The molecule has 0 aliphatic heterocycles. The molecule has 0 radical (unpaired) electrons. The molecule has 0 saturated carbocycles. The first kappa shape index (κ1) is 13.8. The van der Waals surface area contributed by atoms with Crippen molar-refractivity contribution in [2.75, 3.05) is 19.4 Å². The Bertz CT molecular complexity index is 489. The van der Waals surface area contributed by atoms with E-state index in [1.165, 1.54) is 7.11 Å². The van der Waals surface area contributed by atoms with Crippen LogP contribution in [0, 0.1) is 16.7 Å². The topological polar surface area (TPSA) is 88.1 Å². The van der Waals surface area contributed by atoms with Gasteiger partial charge in [0.1, 0.15) is 5.75 Å². The maximum absolute atomic E-state index is 11.9. The Kier molecular flexibility index (Phi) is 4.16. The molecule has 1 amide bonds. The molecule has 18 heavy (non-hydrogen) atoms. The summed E-state index contributed by atoms with van der Waals surface area (Å²) in [5, 5.41) is 11.5. The fraction of sp³-hybridized carbons (Fsp3) is 0.385. The molecule has 0 aromatic heterocycles. The zero-order valence-corrected chi connectivity index (χ0v) is 10.8. The van der Waals surface area contributed by atoms with E-state index in [1.54, 1.807) is 32.0 Å². The van der Waals surface area contributed by atoms with Crippen molar-refractivity contribution < 1.29 is 9.53 Å². The Morgan fingerprint density at radius 3 is 2.72 bits per heavy atom. The fourth-order valence-corrected chi connectivity index (χ4v) is 1.31. The average molecular weight is 247 g/mol. The lowest BCUT2D eigenvalue weighted by Gasteiger charge is -2.16. The maximum atomic E-state index is 11.9. The van der Waals surface area contributed by atoms with Crippen molar-refractivity contribution in [1.82, 2.24) is 5.32 Å². The van der Waals surface area contributed by atoms with Gasteiger partial charge in [-0.1, -0.05) is 0 Å². The number of anilines is 1. The van der Waals surface area contributed by atoms with Gasteiger partial charge in [-0.3, -0.25) is 4.79 Å². The van der Waals surface area contributed by atoms with Crippen LogP contribution in [0.15, 0.2) is 18.2 Å². The van der Waals surface area contributed by atoms with Crippen LogP contribution >= 0.6 is 0 Å². The normalized spacial score (nSPS) is 10.6. The molecular formula is C13H17N3O2. The first-order chi connectivity index (χ1) is 8.39. The zero-order valence-electron chi connectivity index (χ0n) is 10.8. The van der Waals surface area contributed by atoms with Crippen LogP contribution in [-0.2, 0) is 0 Å². The molecule has 1 aromatic carbocycles. The van der Waals surface area contributed by atoms with Gasteiger partial charge in [-0.15, -0.1) is 0 Å². The molecule has 0 aliphatic carbocycles. The molecule has 5 nitrogen and oxygen atoms in total. The van der Waals surface area contributed by atoms with Crippen molar-refractivity contribution in [2.45, 2.75) is 13.8 Å². The Balaban J connectivity index is 2.77. The summed E-state index contributed by atoms with van der Waals surface area (Å²) in [4.78, 5) is 11.9. The molecule has 5 heteroatoms. The summed E-state index contributed by atoms with van der Waals surface area (Å²) in [7, 11) is 1.53. The monoisotopic (exact) mass is 247 g/mol. The van der Waals surface area contributed by atoms with Crippen molar-refractivity contribution in [3.63, 3.8) is 0 Å². The summed E-state index contributed by atoms with van der Waals surface area (Å²) in [5.74, 6) is 0.305. The summed E-state index contributed by atoms with van der Waals surface area (Å²) in [6.45, 7) is 3.78. The Morgan fingerprint density at radius 1 is 1.56 bits per heavy atom. The average Bonchev–Trinajstić information content (AvgIpc) is 2.36. The van der Waals surface area contributed by atoms with E-state index in [-0.39, 0.29) is 12.5 Å². The number of benzene rings is 1. The van der Waals surface area contributed by atoms with Gasteiger partial charge in [0, 0.05) is 18.3 Å². The minimum absolute atomic E-state index is 0.272. The maximum Gasteiger partial charge on any atom is 0.253 e. The van der Waals surface area contributed by atoms with Gasteiger partial charge >= 0.3 is 0 Å². The SMILES string of the molecule is COc1ccc(C(=O)NCC(C)(C)C#N)c(N)c1. The highest BCUT2D eigenvalue weighted by Crippen LogP contribution is 2.20. The summed E-state index contributed by atoms with van der Waals surface area (Å²) in [6, 6.07) is 6.97. The molecule has 1 aromatic rings. The second-order valence-electron chi connectivity index (χ2n) is 4.63. The lowest BCUT2D eigenvalue weighted by atomic mass is 9.96. The van der Waals surface area contributed by atoms with Gasteiger partial charge < -0.3 is 15.8 Å². The molecule has 0 saturated heterocycles. The first-order valence-electron chi connectivity index (χ1n) is 5.52. The molecule has 96 valence electrons. The third-order valence-corrected chi connectivity index (χ3v) is 2.50. The van der Waals surface area contributed by atoms with Gasteiger partial charge in [0.05, 0.1) is 24.2 Å². The molecule has 0 aliphatic rings. The summed E-state index contributed by atoms with van der Waals surface area (Å²) in [5.41, 5.74) is 5.89. The summed E-state index contributed by atoms with van der Waals surface area (Å²) in [6.07, 6.45) is 0. The molecule has 3 N–H and O–H groups in total. The van der Waals surface area contributed by atoms with Crippen LogP contribution in [0.2, 0.25) is 0 Å². The number of hydrogen-bond acceptors (Lipinski definition) is 4. The second kappa shape index (κ2) is 5.41. The lowest BCUT2D eigenvalue weighted by molar-refractivity contribution is 0.0944. The highest BCUT2D eigenvalue weighted by molar-refractivity contribution is 5.99. The van der Waals surface area contributed by atoms with E-state index in [9.17, 15) is 4.79 Å². The fourth-order valence-electron chi connectivity index (χ4n) is 1.31. The lowest BCUT2D eigenvalue weighted by Crippen LogP contribution is -2.33. The van der Waals surface area contributed by atoms with Crippen LogP contribution in [0.25, 0.3) is 0 Å². The Morgan fingerprint density at radius 2 is 2.22 bits per heavy atom. The van der Waals surface area contributed by atoms with Crippen LogP contribution in [0.5, 0.6) is 5.75 Å². The van der Waals surface area contributed by atoms with Gasteiger partial charge in [0.15, 0.2) is 0 Å². The smallest absolute Gasteiger partial charge is 0.253 e. The van der Waals surface area contributed by atoms with Crippen LogP contribution in [-0.4, -0.2) is 19.6 Å². The number of methoxy groups -OCH3 is 1. The van der Waals surface area contributed by atoms with Crippen LogP contribution in [0.1, 0.15) is 24.2 Å². The third-order valence-electron chi connectivity index (χ3n) is 2.50. The van der Waals surface area contributed by atoms with E-state index in [4.69, 9.17) is 15.7 Å². The number of nitrogen functional groups attached to an aromatic ring is 1. The summed E-state index contributed by atoms with van der Waals surface area (Å²) >= 11 is 0. The molecule has 1 rings (SSSR count). The Hall–Kier alpha value is -2.22.